The largest absolute Gasteiger partial charge is 0.372 e. The molecule has 116 valence electrons. The van der Waals surface area contributed by atoms with Crippen molar-refractivity contribution in [3.05, 3.63) is 34.3 Å². The second kappa shape index (κ2) is 6.80. The van der Waals surface area contributed by atoms with Gasteiger partial charge in [0, 0.05) is 4.47 Å². The van der Waals surface area contributed by atoms with Crippen LogP contribution in [0.5, 0.6) is 0 Å². The van der Waals surface area contributed by atoms with E-state index in [-0.39, 0.29) is 5.60 Å². The molecule has 2 atom stereocenters. The average molecular weight is 352 g/mol. The maximum absolute atomic E-state index is 6.44. The summed E-state index contributed by atoms with van der Waals surface area (Å²) >= 11 is 3.49. The van der Waals surface area contributed by atoms with Crippen LogP contribution >= 0.6 is 15.9 Å². The molecule has 3 heteroatoms. The second-order valence-corrected chi connectivity index (χ2v) is 7.75. The molecule has 0 radical (unpaired) electrons. The number of hydrogen-bond acceptors (Lipinski definition) is 2. The Hall–Kier alpha value is -0.380. The van der Waals surface area contributed by atoms with Gasteiger partial charge in [-0.05, 0) is 68.7 Å². The topological polar surface area (TPSA) is 35.2 Å². The minimum atomic E-state index is 0.251. The van der Waals surface area contributed by atoms with E-state index in [1.54, 1.807) is 0 Å². The SMILES string of the molecule is NCC(Cc1ccc(Br)cc1)CC1CCC2(CCCC2)O1. The summed E-state index contributed by atoms with van der Waals surface area (Å²) in [5.74, 6) is 0.535. The van der Waals surface area contributed by atoms with Crippen LogP contribution in [0.1, 0.15) is 50.5 Å². The molecule has 1 heterocycles. The molecule has 0 amide bonds. The van der Waals surface area contributed by atoms with E-state index in [1.165, 1.54) is 44.1 Å². The van der Waals surface area contributed by atoms with Crippen LogP contribution in [0.25, 0.3) is 0 Å². The van der Waals surface area contributed by atoms with E-state index in [9.17, 15) is 0 Å². The summed E-state index contributed by atoms with van der Waals surface area (Å²) in [6, 6.07) is 8.62. The Morgan fingerprint density at radius 3 is 2.57 bits per heavy atom. The highest BCUT2D eigenvalue weighted by molar-refractivity contribution is 9.10. The summed E-state index contributed by atoms with van der Waals surface area (Å²) in [7, 11) is 0. The first-order valence-electron chi connectivity index (χ1n) is 8.31. The highest BCUT2D eigenvalue weighted by Crippen LogP contribution is 2.44. The number of nitrogens with two attached hydrogens (primary N) is 1. The van der Waals surface area contributed by atoms with E-state index in [4.69, 9.17) is 10.5 Å². The molecule has 1 saturated carbocycles. The van der Waals surface area contributed by atoms with Gasteiger partial charge >= 0.3 is 0 Å². The van der Waals surface area contributed by atoms with E-state index in [0.717, 1.165) is 23.9 Å². The molecule has 1 aliphatic carbocycles. The van der Waals surface area contributed by atoms with Crippen LogP contribution in [0.4, 0.5) is 0 Å². The molecule has 2 N–H and O–H groups in total. The third-order valence-corrected chi connectivity index (χ3v) is 5.75. The molecule has 0 aromatic heterocycles. The van der Waals surface area contributed by atoms with Gasteiger partial charge in [0.25, 0.3) is 0 Å². The zero-order chi connectivity index (χ0) is 14.7. The highest BCUT2D eigenvalue weighted by atomic mass is 79.9. The Kier molecular flexibility index (Phi) is 5.03. The minimum absolute atomic E-state index is 0.251. The number of rotatable bonds is 5. The fraction of sp³-hybridized carbons (Fsp3) is 0.667. The minimum Gasteiger partial charge on any atom is -0.372 e. The van der Waals surface area contributed by atoms with Crippen molar-refractivity contribution in [3.8, 4) is 0 Å². The standard InChI is InChI=1S/C18H26BrNO/c19-16-5-3-14(4-6-16)11-15(13-20)12-17-7-10-18(21-17)8-1-2-9-18/h3-6,15,17H,1-2,7-13,20H2. The molecule has 1 aromatic rings. The van der Waals surface area contributed by atoms with Gasteiger partial charge < -0.3 is 10.5 Å². The molecule has 0 bridgehead atoms. The normalized spacial score (nSPS) is 25.5. The molecule has 3 rings (SSSR count). The third-order valence-electron chi connectivity index (χ3n) is 5.22. The lowest BCUT2D eigenvalue weighted by Crippen LogP contribution is -2.27. The van der Waals surface area contributed by atoms with Gasteiger partial charge in [0.1, 0.15) is 0 Å². The smallest absolute Gasteiger partial charge is 0.0687 e. The Balaban J connectivity index is 1.54. The van der Waals surface area contributed by atoms with Crippen molar-refractivity contribution in [2.45, 2.75) is 63.1 Å². The Morgan fingerprint density at radius 1 is 1.19 bits per heavy atom. The maximum atomic E-state index is 6.44. The lowest BCUT2D eigenvalue weighted by Gasteiger charge is -2.25. The number of halogens is 1. The summed E-state index contributed by atoms with van der Waals surface area (Å²) in [5.41, 5.74) is 7.64. The summed E-state index contributed by atoms with van der Waals surface area (Å²) in [6.45, 7) is 0.753. The van der Waals surface area contributed by atoms with Crippen LogP contribution in [0.15, 0.2) is 28.7 Å². The quantitative estimate of drug-likeness (QED) is 0.850. The van der Waals surface area contributed by atoms with E-state index in [1.807, 2.05) is 0 Å². The van der Waals surface area contributed by atoms with E-state index >= 15 is 0 Å². The molecule has 2 aliphatic rings. The van der Waals surface area contributed by atoms with Crippen molar-refractivity contribution in [1.82, 2.24) is 0 Å². The highest BCUT2D eigenvalue weighted by Gasteiger charge is 2.42. The monoisotopic (exact) mass is 351 g/mol. The van der Waals surface area contributed by atoms with Crippen molar-refractivity contribution in [1.29, 1.82) is 0 Å². The Labute approximate surface area is 136 Å². The average Bonchev–Trinajstić information content (AvgIpc) is 3.11. The van der Waals surface area contributed by atoms with Crippen LogP contribution in [0, 0.1) is 5.92 Å². The molecule has 2 fully saturated rings. The fourth-order valence-corrected chi connectivity index (χ4v) is 4.30. The third kappa shape index (κ3) is 3.88. The fourth-order valence-electron chi connectivity index (χ4n) is 4.04. The van der Waals surface area contributed by atoms with Gasteiger partial charge in [-0.2, -0.15) is 0 Å². The maximum Gasteiger partial charge on any atom is 0.0687 e. The van der Waals surface area contributed by atoms with Gasteiger partial charge in [0.05, 0.1) is 11.7 Å². The van der Waals surface area contributed by atoms with Gasteiger partial charge in [0.2, 0.25) is 0 Å². The van der Waals surface area contributed by atoms with Gasteiger partial charge in [-0.25, -0.2) is 0 Å². The first-order chi connectivity index (χ1) is 10.2. The van der Waals surface area contributed by atoms with Crippen LogP contribution in [-0.4, -0.2) is 18.2 Å². The molecular weight excluding hydrogens is 326 g/mol. The van der Waals surface area contributed by atoms with E-state index in [0.29, 0.717) is 12.0 Å². The summed E-state index contributed by atoms with van der Waals surface area (Å²) in [6.07, 6.45) is 10.4. The number of ether oxygens (including phenoxy) is 1. The number of hydrogen-bond donors (Lipinski definition) is 1. The lowest BCUT2D eigenvalue weighted by atomic mass is 9.92. The Morgan fingerprint density at radius 2 is 1.90 bits per heavy atom. The predicted molar refractivity (Wildman–Crippen MR) is 90.3 cm³/mol. The first kappa shape index (κ1) is 15.5. The van der Waals surface area contributed by atoms with Crippen molar-refractivity contribution < 1.29 is 4.74 Å². The predicted octanol–water partition coefficient (Wildman–Crippen LogP) is 4.45. The zero-order valence-corrected chi connectivity index (χ0v) is 14.3. The van der Waals surface area contributed by atoms with Crippen LogP contribution in [0.2, 0.25) is 0 Å². The molecule has 1 saturated heterocycles. The van der Waals surface area contributed by atoms with Gasteiger partial charge in [0.15, 0.2) is 0 Å². The van der Waals surface area contributed by atoms with Gasteiger partial charge in [-0.15, -0.1) is 0 Å². The molecule has 1 spiro atoms. The molecule has 1 aliphatic heterocycles. The zero-order valence-electron chi connectivity index (χ0n) is 12.7. The van der Waals surface area contributed by atoms with E-state index < -0.39 is 0 Å². The summed E-state index contributed by atoms with van der Waals surface area (Å²) in [4.78, 5) is 0. The first-order valence-corrected chi connectivity index (χ1v) is 9.11. The summed E-state index contributed by atoms with van der Waals surface area (Å²) < 4.78 is 7.57. The van der Waals surface area contributed by atoms with Crippen molar-refractivity contribution in [3.63, 3.8) is 0 Å². The Bertz CT molecular complexity index is 453. The van der Waals surface area contributed by atoms with Crippen LogP contribution in [-0.2, 0) is 11.2 Å². The molecule has 21 heavy (non-hydrogen) atoms. The van der Waals surface area contributed by atoms with Crippen molar-refractivity contribution in [2.75, 3.05) is 6.54 Å². The van der Waals surface area contributed by atoms with Crippen LogP contribution < -0.4 is 5.73 Å². The molecule has 2 nitrogen and oxygen atoms in total. The van der Waals surface area contributed by atoms with Crippen molar-refractivity contribution in [2.24, 2.45) is 11.7 Å². The second-order valence-electron chi connectivity index (χ2n) is 6.84. The number of benzene rings is 1. The van der Waals surface area contributed by atoms with Gasteiger partial charge in [-0.3, -0.25) is 0 Å². The van der Waals surface area contributed by atoms with Crippen LogP contribution in [0.3, 0.4) is 0 Å². The van der Waals surface area contributed by atoms with Gasteiger partial charge in [-0.1, -0.05) is 40.9 Å². The lowest BCUT2D eigenvalue weighted by molar-refractivity contribution is -0.0438. The van der Waals surface area contributed by atoms with Crippen molar-refractivity contribution >= 4 is 15.9 Å². The molecular formula is C18H26BrNO. The molecule has 2 unspecified atom stereocenters. The molecule has 1 aromatic carbocycles. The summed E-state index contributed by atoms with van der Waals surface area (Å²) in [5, 5.41) is 0. The van der Waals surface area contributed by atoms with E-state index in [2.05, 4.69) is 40.2 Å².